The second-order valence-electron chi connectivity index (χ2n) is 6.78. The van der Waals surface area contributed by atoms with Crippen molar-refractivity contribution in [1.29, 1.82) is 0 Å². The van der Waals surface area contributed by atoms with Gasteiger partial charge in [0.15, 0.2) is 0 Å². The Morgan fingerprint density at radius 3 is 2.36 bits per heavy atom. The number of pyridine rings is 1. The highest BCUT2D eigenvalue weighted by molar-refractivity contribution is 6.04. The van der Waals surface area contributed by atoms with E-state index in [1.165, 1.54) is 11.1 Å². The maximum atomic E-state index is 5.30. The molecule has 0 N–H and O–H groups in total. The molecular formula is C24H19N3O. The third kappa shape index (κ3) is 2.62. The molecule has 0 radical (unpaired) electrons. The topological polar surface area (TPSA) is 39.9 Å². The Kier molecular flexibility index (Phi) is 3.83. The molecule has 0 atom stereocenters. The van der Waals surface area contributed by atoms with Crippen molar-refractivity contribution >= 4 is 21.9 Å². The monoisotopic (exact) mass is 365 g/mol. The molecule has 5 rings (SSSR count). The maximum Gasteiger partial charge on any atom is 0.119 e. The molecule has 0 fully saturated rings. The summed E-state index contributed by atoms with van der Waals surface area (Å²) >= 11 is 0. The molecule has 0 unspecified atom stereocenters. The number of ether oxygens (including phenoxy) is 1. The highest BCUT2D eigenvalue weighted by Gasteiger charge is 2.14. The van der Waals surface area contributed by atoms with Crippen LogP contribution in [0.1, 0.15) is 5.82 Å². The number of aromatic nitrogens is 3. The largest absolute Gasteiger partial charge is 0.497 e. The van der Waals surface area contributed by atoms with Crippen LogP contribution < -0.4 is 4.74 Å². The van der Waals surface area contributed by atoms with Gasteiger partial charge in [0.05, 0.1) is 24.3 Å². The highest BCUT2D eigenvalue weighted by atomic mass is 16.5. The fourth-order valence-corrected chi connectivity index (χ4v) is 3.73. The van der Waals surface area contributed by atoms with Crippen LogP contribution in [0.2, 0.25) is 0 Å². The molecule has 136 valence electrons. The van der Waals surface area contributed by atoms with E-state index in [4.69, 9.17) is 9.72 Å². The van der Waals surface area contributed by atoms with Crippen LogP contribution >= 0.6 is 0 Å². The Bertz CT molecular complexity index is 1290. The van der Waals surface area contributed by atoms with E-state index in [0.717, 1.165) is 39.2 Å². The van der Waals surface area contributed by atoms with Gasteiger partial charge < -0.3 is 4.74 Å². The summed E-state index contributed by atoms with van der Waals surface area (Å²) in [6.45, 7) is 2.02. The fourth-order valence-electron chi connectivity index (χ4n) is 3.73. The van der Waals surface area contributed by atoms with Gasteiger partial charge in [-0.15, -0.1) is 0 Å². The molecule has 4 heteroatoms. The smallest absolute Gasteiger partial charge is 0.119 e. The fraction of sp³-hybridized carbons (Fsp3) is 0.0833. The molecule has 5 aromatic rings. The first-order chi connectivity index (χ1) is 13.7. The van der Waals surface area contributed by atoms with Gasteiger partial charge in [0.25, 0.3) is 0 Å². The Balaban J connectivity index is 1.80. The van der Waals surface area contributed by atoms with Gasteiger partial charge in [0, 0.05) is 11.1 Å². The average Bonchev–Trinajstić information content (AvgIpc) is 3.10. The van der Waals surface area contributed by atoms with Gasteiger partial charge in [0.1, 0.15) is 17.1 Å². The quantitative estimate of drug-likeness (QED) is 0.420. The number of aryl methyl sites for hydroxylation is 1. The van der Waals surface area contributed by atoms with Crippen molar-refractivity contribution in [2.24, 2.45) is 0 Å². The summed E-state index contributed by atoms with van der Waals surface area (Å²) in [5.74, 6) is 1.77. The van der Waals surface area contributed by atoms with Gasteiger partial charge in [-0.2, -0.15) is 0 Å². The molecule has 2 aromatic heterocycles. The number of rotatable bonds is 3. The molecule has 0 saturated carbocycles. The summed E-state index contributed by atoms with van der Waals surface area (Å²) in [7, 11) is 1.68. The molecule has 0 aliphatic carbocycles. The number of methoxy groups -OCH3 is 1. The molecule has 0 aliphatic rings. The SMILES string of the molecule is COc1ccc(-n2c(C)nc3cnc4ccc(-c5ccccc5)cc4c32)cc1. The number of hydrogen-bond donors (Lipinski definition) is 0. The van der Waals surface area contributed by atoms with E-state index in [1.807, 2.05) is 31.3 Å². The van der Waals surface area contributed by atoms with E-state index in [-0.39, 0.29) is 0 Å². The lowest BCUT2D eigenvalue weighted by molar-refractivity contribution is 0.415. The van der Waals surface area contributed by atoms with Crippen molar-refractivity contribution in [3.05, 3.63) is 84.8 Å². The minimum atomic E-state index is 0.837. The van der Waals surface area contributed by atoms with Gasteiger partial charge in [0.2, 0.25) is 0 Å². The molecular weight excluding hydrogens is 346 g/mol. The van der Waals surface area contributed by atoms with Crippen LogP contribution in [0.3, 0.4) is 0 Å². The van der Waals surface area contributed by atoms with Crippen molar-refractivity contribution in [3.8, 4) is 22.6 Å². The lowest BCUT2D eigenvalue weighted by Crippen LogP contribution is -1.98. The lowest BCUT2D eigenvalue weighted by Gasteiger charge is -2.10. The first-order valence-electron chi connectivity index (χ1n) is 9.22. The number of hydrogen-bond acceptors (Lipinski definition) is 3. The molecule has 4 nitrogen and oxygen atoms in total. The number of nitrogens with zero attached hydrogens (tertiary/aromatic N) is 3. The maximum absolute atomic E-state index is 5.30. The van der Waals surface area contributed by atoms with Crippen LogP contribution in [0.4, 0.5) is 0 Å². The van der Waals surface area contributed by atoms with E-state index in [2.05, 4.69) is 64.1 Å². The van der Waals surface area contributed by atoms with E-state index >= 15 is 0 Å². The van der Waals surface area contributed by atoms with Crippen molar-refractivity contribution in [1.82, 2.24) is 14.5 Å². The van der Waals surface area contributed by atoms with E-state index in [1.54, 1.807) is 7.11 Å². The van der Waals surface area contributed by atoms with Gasteiger partial charge in [-0.05, 0) is 54.4 Å². The van der Waals surface area contributed by atoms with Crippen molar-refractivity contribution in [2.45, 2.75) is 6.92 Å². The molecule has 2 heterocycles. The van der Waals surface area contributed by atoms with E-state index < -0.39 is 0 Å². The first-order valence-corrected chi connectivity index (χ1v) is 9.22. The second kappa shape index (κ2) is 6.50. The normalized spacial score (nSPS) is 11.2. The second-order valence-corrected chi connectivity index (χ2v) is 6.78. The first kappa shape index (κ1) is 16.5. The highest BCUT2D eigenvalue weighted by Crippen LogP contribution is 2.31. The summed E-state index contributed by atoms with van der Waals surface area (Å²) in [6, 6.07) is 24.9. The number of imidazole rings is 1. The van der Waals surface area contributed by atoms with Crippen LogP contribution in [-0.2, 0) is 0 Å². The summed E-state index contributed by atoms with van der Waals surface area (Å²) in [5, 5.41) is 1.09. The Hall–Kier alpha value is -3.66. The van der Waals surface area contributed by atoms with E-state index in [0.29, 0.717) is 0 Å². The van der Waals surface area contributed by atoms with Crippen molar-refractivity contribution < 1.29 is 4.74 Å². The average molecular weight is 365 g/mol. The van der Waals surface area contributed by atoms with Crippen LogP contribution in [0.25, 0.3) is 38.8 Å². The molecule has 0 spiro atoms. The predicted octanol–water partition coefficient (Wildman–Crippen LogP) is 5.56. The zero-order chi connectivity index (χ0) is 19.1. The Morgan fingerprint density at radius 2 is 1.61 bits per heavy atom. The van der Waals surface area contributed by atoms with Crippen LogP contribution in [-0.4, -0.2) is 21.6 Å². The lowest BCUT2D eigenvalue weighted by atomic mass is 10.0. The molecule has 28 heavy (non-hydrogen) atoms. The molecule has 0 saturated heterocycles. The van der Waals surface area contributed by atoms with Gasteiger partial charge in [-0.1, -0.05) is 36.4 Å². The Morgan fingerprint density at radius 1 is 0.821 bits per heavy atom. The summed E-state index contributed by atoms with van der Waals surface area (Å²) in [4.78, 5) is 9.38. The third-order valence-corrected chi connectivity index (χ3v) is 5.09. The summed E-state index contributed by atoms with van der Waals surface area (Å²) in [6.07, 6.45) is 1.85. The minimum absolute atomic E-state index is 0.837. The van der Waals surface area contributed by atoms with Gasteiger partial charge in [-0.25, -0.2) is 4.98 Å². The molecule has 0 bridgehead atoms. The molecule has 3 aromatic carbocycles. The van der Waals surface area contributed by atoms with Crippen molar-refractivity contribution in [3.63, 3.8) is 0 Å². The van der Waals surface area contributed by atoms with E-state index in [9.17, 15) is 0 Å². The van der Waals surface area contributed by atoms with Crippen LogP contribution in [0.5, 0.6) is 5.75 Å². The minimum Gasteiger partial charge on any atom is -0.497 e. The summed E-state index contributed by atoms with van der Waals surface area (Å²) in [5.41, 5.74) is 6.34. The van der Waals surface area contributed by atoms with Gasteiger partial charge >= 0.3 is 0 Å². The molecule has 0 aliphatic heterocycles. The zero-order valence-corrected chi connectivity index (χ0v) is 15.8. The number of fused-ring (bicyclic) bond motifs is 3. The standard InChI is InChI=1S/C24H19N3O/c1-16-26-23-15-25-22-13-8-18(17-6-4-3-5-7-17)14-21(22)24(23)27(16)19-9-11-20(28-2)12-10-19/h3-15H,1-2H3. The van der Waals surface area contributed by atoms with Crippen LogP contribution in [0.15, 0.2) is 79.0 Å². The third-order valence-electron chi connectivity index (χ3n) is 5.09. The molecule has 0 amide bonds. The number of benzene rings is 3. The van der Waals surface area contributed by atoms with Gasteiger partial charge in [-0.3, -0.25) is 9.55 Å². The zero-order valence-electron chi connectivity index (χ0n) is 15.8. The van der Waals surface area contributed by atoms with Crippen LogP contribution in [0, 0.1) is 6.92 Å². The van der Waals surface area contributed by atoms with Crippen molar-refractivity contribution in [2.75, 3.05) is 7.11 Å². The predicted molar refractivity (Wildman–Crippen MR) is 113 cm³/mol. The Labute approximate surface area is 163 Å². The summed E-state index contributed by atoms with van der Waals surface area (Å²) < 4.78 is 7.49.